The Morgan fingerprint density at radius 1 is 1.23 bits per heavy atom. The summed E-state index contributed by atoms with van der Waals surface area (Å²) in [5.41, 5.74) is -0.0126. The molecule has 26 heavy (non-hydrogen) atoms. The number of hydrogen-bond donors (Lipinski definition) is 1. The Labute approximate surface area is 152 Å². The molecule has 1 heterocycles. The van der Waals surface area contributed by atoms with Crippen molar-refractivity contribution in [2.75, 3.05) is 11.4 Å². The Balaban J connectivity index is 2.28. The van der Waals surface area contributed by atoms with Crippen molar-refractivity contribution in [1.82, 2.24) is 4.98 Å². The first-order valence-corrected chi connectivity index (χ1v) is 8.09. The molecule has 1 N–H and O–H groups in total. The number of benzene rings is 1. The molecule has 0 bridgehead atoms. The SMILES string of the molecule is OC(CN(Cc1ncc(Cl)s1)c1cccc(OC(F)(F)F)c1)C(F)(F)F. The smallest absolute Gasteiger partial charge is 0.406 e. The standard InChI is InChI=1S/C14H11ClF6N2O2S/c15-11-5-22-12(26-11)7-23(6-10(24)13(16,17)18)8-2-1-3-9(4-8)25-14(19,20)21/h1-5,10,24H,6-7H2. The van der Waals surface area contributed by atoms with E-state index in [0.29, 0.717) is 9.34 Å². The average Bonchev–Trinajstić information content (AvgIpc) is 2.89. The van der Waals surface area contributed by atoms with Gasteiger partial charge in [0.05, 0.1) is 19.3 Å². The van der Waals surface area contributed by atoms with Gasteiger partial charge in [-0.3, -0.25) is 0 Å². The van der Waals surface area contributed by atoms with Crippen LogP contribution in [0.15, 0.2) is 30.5 Å². The second-order valence-electron chi connectivity index (χ2n) is 5.04. The summed E-state index contributed by atoms with van der Waals surface area (Å²) in [5.74, 6) is -0.598. The van der Waals surface area contributed by atoms with E-state index in [1.807, 2.05) is 0 Å². The Bertz CT molecular complexity index is 737. The molecule has 0 saturated carbocycles. The molecule has 0 amide bonds. The van der Waals surface area contributed by atoms with Crippen molar-refractivity contribution in [1.29, 1.82) is 0 Å². The number of hydrogen-bond acceptors (Lipinski definition) is 5. The zero-order valence-corrected chi connectivity index (χ0v) is 14.3. The molecule has 1 aromatic carbocycles. The lowest BCUT2D eigenvalue weighted by atomic mass is 10.2. The molecule has 1 unspecified atom stereocenters. The predicted octanol–water partition coefficient (Wildman–Crippen LogP) is 4.62. The number of aliphatic hydroxyl groups is 1. The van der Waals surface area contributed by atoms with Crippen LogP contribution in [0.4, 0.5) is 32.0 Å². The predicted molar refractivity (Wildman–Crippen MR) is 83.4 cm³/mol. The maximum atomic E-state index is 12.7. The van der Waals surface area contributed by atoms with Gasteiger partial charge in [0.2, 0.25) is 0 Å². The summed E-state index contributed by atoms with van der Waals surface area (Å²) >= 11 is 6.73. The summed E-state index contributed by atoms with van der Waals surface area (Å²) < 4.78 is 79.2. The minimum absolute atomic E-state index is 0.0126. The molecule has 2 rings (SSSR count). The van der Waals surface area contributed by atoms with Crippen molar-refractivity contribution < 1.29 is 36.2 Å². The van der Waals surface area contributed by atoms with Gasteiger partial charge in [0.25, 0.3) is 0 Å². The molecule has 0 radical (unpaired) electrons. The number of aromatic nitrogens is 1. The third kappa shape index (κ3) is 6.22. The lowest BCUT2D eigenvalue weighted by Crippen LogP contribution is -2.40. The molecule has 12 heteroatoms. The monoisotopic (exact) mass is 420 g/mol. The maximum Gasteiger partial charge on any atom is 0.573 e. The van der Waals surface area contributed by atoms with E-state index in [4.69, 9.17) is 11.6 Å². The van der Waals surface area contributed by atoms with Gasteiger partial charge in [0.1, 0.15) is 15.1 Å². The number of nitrogens with zero attached hydrogens (tertiary/aromatic N) is 2. The summed E-state index contributed by atoms with van der Waals surface area (Å²) in [6, 6.07) is 4.42. The van der Waals surface area contributed by atoms with E-state index in [1.165, 1.54) is 18.3 Å². The quantitative estimate of drug-likeness (QED) is 0.692. The molecular formula is C14H11ClF6N2O2S. The highest BCUT2D eigenvalue weighted by Crippen LogP contribution is 2.30. The molecule has 1 atom stereocenters. The van der Waals surface area contributed by atoms with E-state index >= 15 is 0 Å². The Kier molecular flexibility index (Phi) is 6.25. The normalized spacial score (nSPS) is 13.5. The number of alkyl halides is 6. The van der Waals surface area contributed by atoms with Crippen LogP contribution in [0.1, 0.15) is 5.01 Å². The minimum Gasteiger partial charge on any atom is -0.406 e. The summed E-state index contributed by atoms with van der Waals surface area (Å²) in [6.45, 7) is -1.10. The van der Waals surface area contributed by atoms with Crippen molar-refractivity contribution >= 4 is 28.6 Å². The molecule has 0 aliphatic carbocycles. The number of rotatable bonds is 6. The van der Waals surface area contributed by atoms with Gasteiger partial charge >= 0.3 is 12.5 Å². The molecule has 0 aliphatic rings. The number of ether oxygens (including phenoxy) is 1. The lowest BCUT2D eigenvalue weighted by Gasteiger charge is -2.27. The third-order valence-electron chi connectivity index (χ3n) is 3.04. The van der Waals surface area contributed by atoms with E-state index in [0.717, 1.165) is 28.4 Å². The number of anilines is 1. The average molecular weight is 421 g/mol. The lowest BCUT2D eigenvalue weighted by molar-refractivity contribution is -0.274. The molecular weight excluding hydrogens is 410 g/mol. The molecule has 144 valence electrons. The van der Waals surface area contributed by atoms with Crippen LogP contribution in [-0.2, 0) is 6.54 Å². The largest absolute Gasteiger partial charge is 0.573 e. The zero-order chi connectivity index (χ0) is 19.5. The van der Waals surface area contributed by atoms with E-state index in [2.05, 4.69) is 9.72 Å². The van der Waals surface area contributed by atoms with Crippen LogP contribution in [0.5, 0.6) is 5.75 Å². The first-order valence-electron chi connectivity index (χ1n) is 6.90. The Morgan fingerprint density at radius 3 is 2.46 bits per heavy atom. The summed E-state index contributed by atoms with van der Waals surface area (Å²) in [4.78, 5) is 4.94. The van der Waals surface area contributed by atoms with Gasteiger partial charge < -0.3 is 14.7 Å². The number of aliphatic hydroxyl groups excluding tert-OH is 1. The van der Waals surface area contributed by atoms with Gasteiger partial charge in [-0.2, -0.15) is 13.2 Å². The van der Waals surface area contributed by atoms with Gasteiger partial charge in [0.15, 0.2) is 6.10 Å². The van der Waals surface area contributed by atoms with Crippen molar-refractivity contribution in [2.45, 2.75) is 25.2 Å². The summed E-state index contributed by atoms with van der Waals surface area (Å²) in [7, 11) is 0. The van der Waals surface area contributed by atoms with Crippen molar-refractivity contribution in [3.8, 4) is 5.75 Å². The van der Waals surface area contributed by atoms with Crippen LogP contribution >= 0.6 is 22.9 Å². The van der Waals surface area contributed by atoms with Crippen LogP contribution in [0, 0.1) is 0 Å². The second-order valence-corrected chi connectivity index (χ2v) is 6.79. The highest BCUT2D eigenvalue weighted by atomic mass is 35.5. The molecule has 2 aromatic rings. The summed E-state index contributed by atoms with van der Waals surface area (Å²) in [6.07, 6.45) is -11.2. The topological polar surface area (TPSA) is 45.6 Å². The van der Waals surface area contributed by atoms with Crippen molar-refractivity contribution in [3.05, 3.63) is 39.8 Å². The van der Waals surface area contributed by atoms with Crippen LogP contribution in [0.2, 0.25) is 4.34 Å². The van der Waals surface area contributed by atoms with Crippen LogP contribution in [0.3, 0.4) is 0 Å². The molecule has 0 fully saturated rings. The van der Waals surface area contributed by atoms with Gasteiger partial charge in [-0.15, -0.1) is 24.5 Å². The zero-order valence-electron chi connectivity index (χ0n) is 12.7. The maximum absolute atomic E-state index is 12.7. The van der Waals surface area contributed by atoms with E-state index in [9.17, 15) is 31.4 Å². The Morgan fingerprint density at radius 2 is 1.92 bits per heavy atom. The fourth-order valence-corrected chi connectivity index (χ4v) is 2.95. The molecule has 0 aliphatic heterocycles. The molecule has 0 spiro atoms. The Hall–Kier alpha value is -1.72. The molecule has 0 saturated heterocycles. The highest BCUT2D eigenvalue weighted by Gasteiger charge is 2.39. The second kappa shape index (κ2) is 7.89. The highest BCUT2D eigenvalue weighted by molar-refractivity contribution is 7.15. The van der Waals surface area contributed by atoms with Gasteiger partial charge in [0, 0.05) is 11.8 Å². The van der Waals surface area contributed by atoms with Gasteiger partial charge in [-0.25, -0.2) is 4.98 Å². The van der Waals surface area contributed by atoms with E-state index in [-0.39, 0.29) is 12.2 Å². The summed E-state index contributed by atoms with van der Waals surface area (Å²) in [5, 5.41) is 9.66. The first-order chi connectivity index (χ1) is 11.9. The van der Waals surface area contributed by atoms with Gasteiger partial charge in [-0.1, -0.05) is 17.7 Å². The van der Waals surface area contributed by atoms with Crippen LogP contribution in [0.25, 0.3) is 0 Å². The van der Waals surface area contributed by atoms with Crippen molar-refractivity contribution in [3.63, 3.8) is 0 Å². The number of thiazole rings is 1. The molecule has 4 nitrogen and oxygen atoms in total. The molecule has 1 aromatic heterocycles. The van der Waals surface area contributed by atoms with Gasteiger partial charge in [-0.05, 0) is 12.1 Å². The fraction of sp³-hybridized carbons (Fsp3) is 0.357. The minimum atomic E-state index is -4.95. The fourth-order valence-electron chi connectivity index (χ4n) is 1.98. The third-order valence-corrected chi connectivity index (χ3v) is 4.14. The number of halogens is 7. The van der Waals surface area contributed by atoms with E-state index in [1.54, 1.807) is 0 Å². The van der Waals surface area contributed by atoms with Crippen molar-refractivity contribution in [2.24, 2.45) is 0 Å². The van der Waals surface area contributed by atoms with E-state index < -0.39 is 30.9 Å². The van der Waals surface area contributed by atoms with Crippen LogP contribution < -0.4 is 9.64 Å². The van der Waals surface area contributed by atoms with Crippen LogP contribution in [-0.4, -0.2) is 35.3 Å². The first kappa shape index (κ1) is 20.6.